The number of fused-ring (bicyclic) bond motifs is 3. The van der Waals surface area contributed by atoms with E-state index in [0.29, 0.717) is 13.0 Å². The number of hydrogen-bond acceptors (Lipinski definition) is 6. The van der Waals surface area contributed by atoms with Gasteiger partial charge in [-0.25, -0.2) is 14.7 Å². The lowest BCUT2D eigenvalue weighted by Crippen LogP contribution is -2.61. The number of amides is 5. The summed E-state index contributed by atoms with van der Waals surface area (Å²) in [6, 6.07) is -1.56. The number of rotatable bonds is 2. The first-order valence-electron chi connectivity index (χ1n) is 9.87. The van der Waals surface area contributed by atoms with E-state index in [0.717, 1.165) is 17.9 Å². The standard InChI is InChI=1S/C18H27N5O6/c1-17(2,3)29-16(27)21-7-10(8-21)13(24)19-20-14(25)11-6-18(4-5-18)12-9-22(11)15(26)23(12)28/h10-12,28H,4-9H2,1-3H3,(H,19,24)(H,20,25)/t11-,12?/m0/s1. The lowest BCUT2D eigenvalue weighted by Gasteiger charge is -2.39. The molecule has 1 spiro atoms. The first-order chi connectivity index (χ1) is 13.5. The van der Waals surface area contributed by atoms with Gasteiger partial charge in [-0.3, -0.25) is 25.6 Å². The van der Waals surface area contributed by atoms with Gasteiger partial charge in [0.25, 0.3) is 5.91 Å². The molecular formula is C18H27N5O6. The van der Waals surface area contributed by atoms with Crippen molar-refractivity contribution in [3.05, 3.63) is 0 Å². The van der Waals surface area contributed by atoms with E-state index in [4.69, 9.17) is 4.74 Å². The van der Waals surface area contributed by atoms with Crippen LogP contribution in [0.2, 0.25) is 0 Å². The number of carbonyl (C=O) groups excluding carboxylic acids is 4. The van der Waals surface area contributed by atoms with E-state index in [1.807, 2.05) is 0 Å². The second-order valence-electron chi connectivity index (χ2n) is 9.44. The average Bonchev–Trinajstić information content (AvgIpc) is 3.29. The number of likely N-dealkylation sites (tertiary alicyclic amines) is 1. The van der Waals surface area contributed by atoms with Crippen LogP contribution in [-0.2, 0) is 14.3 Å². The molecule has 3 N–H and O–H groups in total. The van der Waals surface area contributed by atoms with Crippen molar-refractivity contribution < 1.29 is 29.1 Å². The number of urea groups is 1. The summed E-state index contributed by atoms with van der Waals surface area (Å²) in [6.45, 7) is 6.05. The molecule has 2 bridgehead atoms. The predicted molar refractivity (Wildman–Crippen MR) is 97.2 cm³/mol. The molecule has 11 nitrogen and oxygen atoms in total. The van der Waals surface area contributed by atoms with E-state index in [1.165, 1.54) is 9.80 Å². The number of hydrogen-bond donors (Lipinski definition) is 3. The highest BCUT2D eigenvalue weighted by Crippen LogP contribution is 2.58. The van der Waals surface area contributed by atoms with Gasteiger partial charge in [-0.2, -0.15) is 0 Å². The fourth-order valence-electron chi connectivity index (χ4n) is 4.31. The zero-order valence-electron chi connectivity index (χ0n) is 16.8. The summed E-state index contributed by atoms with van der Waals surface area (Å²) in [5.41, 5.74) is 3.98. The maximum Gasteiger partial charge on any atom is 0.410 e. The molecule has 11 heteroatoms. The normalized spacial score (nSPS) is 27.6. The van der Waals surface area contributed by atoms with Crippen LogP contribution >= 0.6 is 0 Å². The van der Waals surface area contributed by atoms with Crippen molar-refractivity contribution in [3.8, 4) is 0 Å². The van der Waals surface area contributed by atoms with Gasteiger partial charge in [-0.05, 0) is 45.4 Å². The van der Waals surface area contributed by atoms with Gasteiger partial charge in [0, 0.05) is 19.6 Å². The SMILES string of the molecule is CC(C)(C)OC(=O)N1CC(C(=O)NNC(=O)[C@@H]2CC3(CC3)C3CN2C(=O)N3O)C1. The quantitative estimate of drug-likeness (QED) is 0.436. The van der Waals surface area contributed by atoms with Crippen LogP contribution in [0.3, 0.4) is 0 Å². The summed E-state index contributed by atoms with van der Waals surface area (Å²) in [6.07, 6.45) is 1.74. The van der Waals surface area contributed by atoms with Crippen LogP contribution in [0.4, 0.5) is 9.59 Å². The smallest absolute Gasteiger partial charge is 0.410 e. The highest BCUT2D eigenvalue weighted by molar-refractivity contribution is 5.91. The fourth-order valence-corrected chi connectivity index (χ4v) is 4.31. The summed E-state index contributed by atoms with van der Waals surface area (Å²) in [7, 11) is 0. The summed E-state index contributed by atoms with van der Waals surface area (Å²) in [5.74, 6) is -1.31. The molecule has 1 saturated carbocycles. The second-order valence-corrected chi connectivity index (χ2v) is 9.44. The van der Waals surface area contributed by atoms with E-state index < -0.39 is 41.5 Å². The molecule has 0 radical (unpaired) electrons. The van der Waals surface area contributed by atoms with Crippen LogP contribution in [0.1, 0.15) is 40.0 Å². The van der Waals surface area contributed by atoms with Crippen LogP contribution in [0.15, 0.2) is 0 Å². The monoisotopic (exact) mass is 409 g/mol. The topological polar surface area (TPSA) is 132 Å². The summed E-state index contributed by atoms with van der Waals surface area (Å²) in [4.78, 5) is 51.8. The molecule has 160 valence electrons. The zero-order chi connectivity index (χ0) is 21.1. The minimum Gasteiger partial charge on any atom is -0.444 e. The number of hydrazine groups is 1. The van der Waals surface area contributed by atoms with Crippen molar-refractivity contribution >= 4 is 23.9 Å². The molecule has 3 saturated heterocycles. The molecule has 0 aromatic rings. The van der Waals surface area contributed by atoms with Gasteiger partial charge < -0.3 is 14.5 Å². The number of ether oxygens (including phenoxy) is 1. The maximum atomic E-state index is 12.6. The van der Waals surface area contributed by atoms with Crippen LogP contribution in [0.5, 0.6) is 0 Å². The molecule has 2 atom stereocenters. The van der Waals surface area contributed by atoms with E-state index in [-0.39, 0.29) is 24.5 Å². The molecule has 4 fully saturated rings. The Labute approximate surface area is 168 Å². The van der Waals surface area contributed by atoms with Gasteiger partial charge in [0.1, 0.15) is 11.6 Å². The number of nitrogens with one attached hydrogen (secondary N) is 2. The maximum absolute atomic E-state index is 12.6. The molecule has 4 rings (SSSR count). The molecule has 29 heavy (non-hydrogen) atoms. The van der Waals surface area contributed by atoms with Gasteiger partial charge >= 0.3 is 12.1 Å². The highest BCUT2D eigenvalue weighted by atomic mass is 16.6. The third kappa shape index (κ3) is 3.47. The Morgan fingerprint density at radius 1 is 1.10 bits per heavy atom. The van der Waals surface area contributed by atoms with Gasteiger partial charge in [-0.15, -0.1) is 0 Å². The zero-order valence-corrected chi connectivity index (χ0v) is 16.8. The third-order valence-electron chi connectivity index (χ3n) is 6.20. The Balaban J connectivity index is 1.26. The summed E-state index contributed by atoms with van der Waals surface area (Å²) < 4.78 is 5.24. The minimum atomic E-state index is -0.724. The Bertz CT molecular complexity index is 754. The van der Waals surface area contributed by atoms with Gasteiger partial charge in [-0.1, -0.05) is 0 Å². The van der Waals surface area contributed by atoms with Crippen molar-refractivity contribution in [2.45, 2.75) is 57.7 Å². The molecule has 5 amide bonds. The van der Waals surface area contributed by atoms with Crippen LogP contribution in [0, 0.1) is 11.3 Å². The average molecular weight is 409 g/mol. The molecule has 0 aromatic heterocycles. The van der Waals surface area contributed by atoms with Gasteiger partial charge in [0.15, 0.2) is 0 Å². The second kappa shape index (κ2) is 6.48. The van der Waals surface area contributed by atoms with E-state index >= 15 is 0 Å². The summed E-state index contributed by atoms with van der Waals surface area (Å²) >= 11 is 0. The van der Waals surface area contributed by atoms with E-state index in [9.17, 15) is 24.4 Å². The number of nitrogens with zero attached hydrogens (tertiary/aromatic N) is 3. The van der Waals surface area contributed by atoms with Crippen molar-refractivity contribution in [1.29, 1.82) is 0 Å². The predicted octanol–water partition coefficient (Wildman–Crippen LogP) is 0.0486. The number of carbonyl (C=O) groups is 4. The number of hydroxylamine groups is 2. The fraction of sp³-hybridized carbons (Fsp3) is 0.778. The van der Waals surface area contributed by atoms with Gasteiger partial charge in [0.2, 0.25) is 5.91 Å². The lowest BCUT2D eigenvalue weighted by molar-refractivity contribution is -0.136. The third-order valence-corrected chi connectivity index (χ3v) is 6.20. The Kier molecular flexibility index (Phi) is 4.41. The van der Waals surface area contributed by atoms with Crippen molar-refractivity contribution in [2.24, 2.45) is 11.3 Å². The molecule has 3 heterocycles. The Morgan fingerprint density at radius 3 is 2.31 bits per heavy atom. The summed E-state index contributed by atoms with van der Waals surface area (Å²) in [5, 5.41) is 10.8. The first kappa shape index (κ1) is 19.7. The largest absolute Gasteiger partial charge is 0.444 e. The van der Waals surface area contributed by atoms with Crippen LogP contribution in [0.25, 0.3) is 0 Å². The molecule has 0 aromatic carbocycles. The molecule has 1 unspecified atom stereocenters. The van der Waals surface area contributed by atoms with Crippen LogP contribution in [-0.4, -0.2) is 81.3 Å². The molecule has 1 aliphatic carbocycles. The minimum absolute atomic E-state index is 0.203. The Morgan fingerprint density at radius 2 is 1.72 bits per heavy atom. The highest BCUT2D eigenvalue weighted by Gasteiger charge is 2.63. The number of piperidine rings is 1. The van der Waals surface area contributed by atoms with E-state index in [2.05, 4.69) is 10.9 Å². The van der Waals surface area contributed by atoms with E-state index in [1.54, 1.807) is 20.8 Å². The lowest BCUT2D eigenvalue weighted by atomic mass is 9.85. The molecule has 3 aliphatic heterocycles. The van der Waals surface area contributed by atoms with Crippen molar-refractivity contribution in [3.63, 3.8) is 0 Å². The van der Waals surface area contributed by atoms with Crippen molar-refractivity contribution in [1.82, 2.24) is 25.7 Å². The molecule has 4 aliphatic rings. The van der Waals surface area contributed by atoms with Crippen molar-refractivity contribution in [2.75, 3.05) is 19.6 Å². The first-order valence-corrected chi connectivity index (χ1v) is 9.87. The van der Waals surface area contributed by atoms with Crippen LogP contribution < -0.4 is 10.9 Å². The Hall–Kier alpha value is -2.56. The molecular weight excluding hydrogens is 382 g/mol. The van der Waals surface area contributed by atoms with Gasteiger partial charge in [0.05, 0.1) is 12.0 Å².